The minimum absolute atomic E-state index is 0.113. The summed E-state index contributed by atoms with van der Waals surface area (Å²) >= 11 is 0. The van der Waals surface area contributed by atoms with Gasteiger partial charge in [0.05, 0.1) is 6.61 Å². The van der Waals surface area contributed by atoms with Gasteiger partial charge in [0, 0.05) is 18.0 Å². The summed E-state index contributed by atoms with van der Waals surface area (Å²) in [5.41, 5.74) is 3.34. The van der Waals surface area contributed by atoms with Crippen molar-refractivity contribution in [3.8, 4) is 0 Å². The van der Waals surface area contributed by atoms with E-state index in [1.54, 1.807) is 43.6 Å². The normalized spacial score (nSPS) is 14.0. The maximum Gasteiger partial charge on any atom is 0.492 e. The molecule has 0 radical (unpaired) electrons. The van der Waals surface area contributed by atoms with Gasteiger partial charge in [0.25, 0.3) is 5.91 Å². The molecule has 0 aliphatic carbocycles. The number of carbonyl (C=O) groups is 2. The highest BCUT2D eigenvalue weighted by Crippen LogP contribution is 2.17. The Balaban J connectivity index is 1.71. The number of aromatic nitrogens is 1. The first-order chi connectivity index (χ1) is 13.4. The average Bonchev–Trinajstić information content (AvgIpc) is 3.06. The fourth-order valence-corrected chi connectivity index (χ4v) is 3.19. The van der Waals surface area contributed by atoms with Crippen molar-refractivity contribution in [2.24, 2.45) is 5.92 Å². The summed E-state index contributed by atoms with van der Waals surface area (Å²) in [6.07, 6.45) is 3.25. The van der Waals surface area contributed by atoms with Crippen LogP contribution in [0.3, 0.4) is 0 Å². The molecule has 28 heavy (non-hydrogen) atoms. The van der Waals surface area contributed by atoms with Crippen molar-refractivity contribution < 1.29 is 24.0 Å². The van der Waals surface area contributed by atoms with Crippen molar-refractivity contribution in [3.63, 3.8) is 0 Å². The Morgan fingerprint density at radius 2 is 2.00 bits per heavy atom. The zero-order valence-electron chi connectivity index (χ0n) is 16.1. The molecule has 1 atom stereocenters. The lowest BCUT2D eigenvalue weighted by Gasteiger charge is -2.22. The molecule has 0 unspecified atom stereocenters. The molecular formula is C20H23BN2O5. The SMILES string of the molecule is Cc1c(C(=O)N[C@H](C(=O)OCc2ccncc2)C(C)C)ccc2c1B(O)OC2. The Bertz CT molecular complexity index is 872. The van der Waals surface area contributed by atoms with Gasteiger partial charge >= 0.3 is 13.1 Å². The van der Waals surface area contributed by atoms with Gasteiger partial charge in [-0.05, 0) is 53.2 Å². The molecule has 3 rings (SSSR count). The van der Waals surface area contributed by atoms with Gasteiger partial charge in [-0.2, -0.15) is 0 Å². The number of fused-ring (bicyclic) bond motifs is 1. The zero-order chi connectivity index (χ0) is 20.3. The minimum atomic E-state index is -1.03. The Morgan fingerprint density at radius 3 is 2.68 bits per heavy atom. The lowest BCUT2D eigenvalue weighted by molar-refractivity contribution is -0.148. The standard InChI is InChI=1S/C20H23BN2O5/c1-12(2)18(20(25)27-10-14-6-8-22-9-7-14)23-19(24)16-5-4-15-11-28-21(26)17(15)13(16)3/h4-9,12,18,26H,10-11H2,1-3H3,(H,23,24)/t18-/m0/s1. The Kier molecular flexibility index (Phi) is 6.11. The van der Waals surface area contributed by atoms with E-state index in [2.05, 4.69) is 10.3 Å². The second-order valence-electron chi connectivity index (χ2n) is 7.13. The summed E-state index contributed by atoms with van der Waals surface area (Å²) in [6.45, 7) is 5.87. The molecule has 1 aliphatic heterocycles. The van der Waals surface area contributed by atoms with Crippen molar-refractivity contribution in [2.75, 3.05) is 0 Å². The van der Waals surface area contributed by atoms with Crippen LogP contribution in [-0.4, -0.2) is 35.0 Å². The van der Waals surface area contributed by atoms with Crippen LogP contribution in [-0.2, 0) is 27.4 Å². The Labute approximate surface area is 164 Å². The molecule has 7 nitrogen and oxygen atoms in total. The molecular weight excluding hydrogens is 359 g/mol. The first-order valence-electron chi connectivity index (χ1n) is 9.17. The minimum Gasteiger partial charge on any atom is -0.459 e. The van der Waals surface area contributed by atoms with Gasteiger partial charge in [-0.15, -0.1) is 0 Å². The number of benzene rings is 1. The predicted octanol–water partition coefficient (Wildman–Crippen LogP) is 1.11. The van der Waals surface area contributed by atoms with E-state index in [4.69, 9.17) is 9.39 Å². The summed E-state index contributed by atoms with van der Waals surface area (Å²) in [5, 5.41) is 12.7. The highest BCUT2D eigenvalue weighted by molar-refractivity contribution is 6.62. The first-order valence-corrected chi connectivity index (χ1v) is 9.17. The molecule has 0 fully saturated rings. The molecule has 146 valence electrons. The van der Waals surface area contributed by atoms with E-state index in [-0.39, 0.29) is 18.4 Å². The molecule has 1 aromatic heterocycles. The van der Waals surface area contributed by atoms with Crippen LogP contribution in [0.5, 0.6) is 0 Å². The maximum absolute atomic E-state index is 12.8. The number of amides is 1. The highest BCUT2D eigenvalue weighted by atomic mass is 16.5. The molecule has 0 saturated heterocycles. The van der Waals surface area contributed by atoms with Gasteiger partial charge in [0.15, 0.2) is 0 Å². The van der Waals surface area contributed by atoms with Crippen molar-refractivity contribution in [1.82, 2.24) is 10.3 Å². The molecule has 1 aromatic carbocycles. The van der Waals surface area contributed by atoms with E-state index in [9.17, 15) is 14.6 Å². The number of hydrogen-bond donors (Lipinski definition) is 2. The monoisotopic (exact) mass is 382 g/mol. The largest absolute Gasteiger partial charge is 0.492 e. The van der Waals surface area contributed by atoms with Crippen molar-refractivity contribution in [1.29, 1.82) is 0 Å². The van der Waals surface area contributed by atoms with Crippen LogP contribution in [0.4, 0.5) is 0 Å². The molecule has 2 heterocycles. The number of ether oxygens (including phenoxy) is 1. The second-order valence-corrected chi connectivity index (χ2v) is 7.13. The fourth-order valence-electron chi connectivity index (χ4n) is 3.19. The van der Waals surface area contributed by atoms with Crippen LogP contribution in [0.1, 0.15) is 40.9 Å². The van der Waals surface area contributed by atoms with Crippen LogP contribution < -0.4 is 10.8 Å². The van der Waals surface area contributed by atoms with E-state index in [0.717, 1.165) is 11.1 Å². The summed E-state index contributed by atoms with van der Waals surface area (Å²) in [5.74, 6) is -1.04. The molecule has 0 spiro atoms. The molecule has 1 aliphatic rings. The van der Waals surface area contributed by atoms with Crippen molar-refractivity contribution >= 4 is 24.5 Å². The van der Waals surface area contributed by atoms with Gasteiger partial charge in [0.1, 0.15) is 12.6 Å². The van der Waals surface area contributed by atoms with E-state index in [1.807, 2.05) is 13.8 Å². The third kappa shape index (κ3) is 4.23. The molecule has 0 saturated carbocycles. The molecule has 2 aromatic rings. The Morgan fingerprint density at radius 1 is 1.29 bits per heavy atom. The van der Waals surface area contributed by atoms with Gasteiger partial charge in [-0.3, -0.25) is 9.78 Å². The maximum atomic E-state index is 12.8. The second kappa shape index (κ2) is 8.54. The number of hydrogen-bond acceptors (Lipinski definition) is 6. The van der Waals surface area contributed by atoms with Gasteiger partial charge in [-0.1, -0.05) is 19.9 Å². The smallest absolute Gasteiger partial charge is 0.459 e. The number of esters is 1. The van der Waals surface area contributed by atoms with Crippen molar-refractivity contribution in [2.45, 2.75) is 40.0 Å². The van der Waals surface area contributed by atoms with Crippen LogP contribution >= 0.6 is 0 Å². The third-order valence-corrected chi connectivity index (χ3v) is 4.83. The quantitative estimate of drug-likeness (QED) is 0.574. The summed E-state index contributed by atoms with van der Waals surface area (Å²) in [6, 6.07) is 6.18. The summed E-state index contributed by atoms with van der Waals surface area (Å²) in [4.78, 5) is 29.3. The molecule has 2 N–H and O–H groups in total. The van der Waals surface area contributed by atoms with Crippen LogP contribution in [0, 0.1) is 12.8 Å². The lowest BCUT2D eigenvalue weighted by Crippen LogP contribution is -2.46. The predicted molar refractivity (Wildman–Crippen MR) is 104 cm³/mol. The first kappa shape index (κ1) is 20.0. The third-order valence-electron chi connectivity index (χ3n) is 4.83. The number of nitrogens with zero attached hydrogens (tertiary/aromatic N) is 1. The highest BCUT2D eigenvalue weighted by Gasteiger charge is 2.32. The molecule has 0 bridgehead atoms. The average molecular weight is 382 g/mol. The lowest BCUT2D eigenvalue weighted by atomic mass is 9.75. The van der Waals surface area contributed by atoms with Crippen molar-refractivity contribution in [3.05, 3.63) is 58.9 Å². The van der Waals surface area contributed by atoms with Gasteiger partial charge in [0.2, 0.25) is 0 Å². The van der Waals surface area contributed by atoms with Crippen LogP contribution in [0.2, 0.25) is 0 Å². The number of carbonyl (C=O) groups excluding carboxylic acids is 2. The van der Waals surface area contributed by atoms with Crippen LogP contribution in [0.15, 0.2) is 36.7 Å². The summed E-state index contributed by atoms with van der Waals surface area (Å²) in [7, 11) is -1.03. The van der Waals surface area contributed by atoms with Gasteiger partial charge in [-0.25, -0.2) is 4.79 Å². The Hall–Kier alpha value is -2.71. The van der Waals surface area contributed by atoms with E-state index >= 15 is 0 Å². The van der Waals surface area contributed by atoms with E-state index in [0.29, 0.717) is 23.2 Å². The van der Waals surface area contributed by atoms with Crippen LogP contribution in [0.25, 0.3) is 0 Å². The number of nitrogens with one attached hydrogen (secondary N) is 1. The zero-order valence-corrected chi connectivity index (χ0v) is 16.1. The van der Waals surface area contributed by atoms with Gasteiger partial charge < -0.3 is 19.7 Å². The number of rotatable bonds is 6. The molecule has 1 amide bonds. The summed E-state index contributed by atoms with van der Waals surface area (Å²) < 4.78 is 10.6. The topological polar surface area (TPSA) is 97.8 Å². The fraction of sp³-hybridized carbons (Fsp3) is 0.350. The number of pyridine rings is 1. The molecule has 8 heteroatoms. The van der Waals surface area contributed by atoms with E-state index in [1.165, 1.54) is 0 Å². The van der Waals surface area contributed by atoms with E-state index < -0.39 is 19.1 Å².